The monoisotopic (exact) mass is 201 g/mol. The molecule has 2 aliphatic rings. The molecule has 0 spiro atoms. The fourth-order valence-electron chi connectivity index (χ4n) is 2.22. The van der Waals surface area contributed by atoms with Gasteiger partial charge in [0.25, 0.3) is 0 Å². The number of hydrogen-bond donors (Lipinski definition) is 2. The van der Waals surface area contributed by atoms with E-state index in [4.69, 9.17) is 5.11 Å². The lowest BCUT2D eigenvalue weighted by Gasteiger charge is -2.21. The normalized spacial score (nSPS) is 32.3. The van der Waals surface area contributed by atoms with E-state index in [2.05, 4.69) is 17.5 Å². The van der Waals surface area contributed by atoms with Crippen molar-refractivity contribution >= 4 is 12.6 Å². The number of nitrogens with zero attached hydrogens (tertiary/aromatic N) is 1. The Kier molecular flexibility index (Phi) is 2.86. The Balaban J connectivity index is 1.77. The van der Waals surface area contributed by atoms with Crippen LogP contribution in [0.3, 0.4) is 0 Å². The molecule has 1 unspecified atom stereocenters. The summed E-state index contributed by atoms with van der Waals surface area (Å²) < 4.78 is 0. The molecule has 2 fully saturated rings. The standard InChI is InChI=1S/C10H19NOS/c12-6-9-1-4-11(5-9)7-10(8-13)2-3-10/h9,12-13H,1-8H2. The van der Waals surface area contributed by atoms with Crippen LogP contribution < -0.4 is 0 Å². The molecule has 1 aliphatic heterocycles. The highest BCUT2D eigenvalue weighted by Gasteiger charge is 2.43. The van der Waals surface area contributed by atoms with Gasteiger partial charge >= 0.3 is 0 Å². The van der Waals surface area contributed by atoms with Crippen molar-refractivity contribution < 1.29 is 5.11 Å². The smallest absolute Gasteiger partial charge is 0.0471 e. The first-order valence-corrected chi connectivity index (χ1v) is 5.85. The van der Waals surface area contributed by atoms with E-state index in [0.29, 0.717) is 17.9 Å². The lowest BCUT2D eigenvalue weighted by molar-refractivity contribution is 0.212. The van der Waals surface area contributed by atoms with Crippen LogP contribution in [0.4, 0.5) is 0 Å². The zero-order valence-corrected chi connectivity index (χ0v) is 8.97. The van der Waals surface area contributed by atoms with E-state index in [1.165, 1.54) is 32.4 Å². The summed E-state index contributed by atoms with van der Waals surface area (Å²) in [5, 5.41) is 9.01. The highest BCUT2D eigenvalue weighted by atomic mass is 32.1. The van der Waals surface area contributed by atoms with E-state index in [-0.39, 0.29) is 0 Å². The molecule has 0 amide bonds. The summed E-state index contributed by atoms with van der Waals surface area (Å²) in [5.74, 6) is 1.57. The number of aliphatic hydroxyl groups is 1. The molecule has 76 valence electrons. The minimum atomic E-state index is 0.365. The third-order valence-electron chi connectivity index (χ3n) is 3.48. The second kappa shape index (κ2) is 3.79. The predicted molar refractivity (Wildman–Crippen MR) is 57.2 cm³/mol. The minimum Gasteiger partial charge on any atom is -0.396 e. The van der Waals surface area contributed by atoms with Crippen molar-refractivity contribution in [3.8, 4) is 0 Å². The number of rotatable bonds is 4. The van der Waals surface area contributed by atoms with Gasteiger partial charge in [0, 0.05) is 19.7 Å². The lowest BCUT2D eigenvalue weighted by atomic mass is 10.1. The van der Waals surface area contributed by atoms with Crippen molar-refractivity contribution in [1.29, 1.82) is 0 Å². The largest absolute Gasteiger partial charge is 0.396 e. The number of thiol groups is 1. The molecule has 1 saturated carbocycles. The number of hydrogen-bond acceptors (Lipinski definition) is 3. The average Bonchev–Trinajstić information content (AvgIpc) is 2.77. The van der Waals surface area contributed by atoms with Gasteiger partial charge in [-0.15, -0.1) is 0 Å². The molecule has 1 saturated heterocycles. The van der Waals surface area contributed by atoms with E-state index >= 15 is 0 Å². The highest BCUT2D eigenvalue weighted by Crippen LogP contribution is 2.47. The second-order valence-electron chi connectivity index (χ2n) is 4.73. The molecule has 0 radical (unpaired) electrons. The highest BCUT2D eigenvalue weighted by molar-refractivity contribution is 7.80. The summed E-state index contributed by atoms with van der Waals surface area (Å²) in [7, 11) is 0. The van der Waals surface area contributed by atoms with Crippen LogP contribution in [0.25, 0.3) is 0 Å². The Hall–Kier alpha value is 0.270. The van der Waals surface area contributed by atoms with E-state index in [9.17, 15) is 0 Å². The van der Waals surface area contributed by atoms with Gasteiger partial charge in [0.2, 0.25) is 0 Å². The molecule has 0 aromatic rings. The second-order valence-corrected chi connectivity index (χ2v) is 5.05. The maximum atomic E-state index is 9.01. The maximum absolute atomic E-state index is 9.01. The van der Waals surface area contributed by atoms with Gasteiger partial charge in [-0.25, -0.2) is 0 Å². The number of aliphatic hydroxyl groups excluding tert-OH is 1. The van der Waals surface area contributed by atoms with Crippen molar-refractivity contribution in [3.05, 3.63) is 0 Å². The van der Waals surface area contributed by atoms with Crippen molar-refractivity contribution in [2.24, 2.45) is 11.3 Å². The third kappa shape index (κ3) is 2.20. The van der Waals surface area contributed by atoms with E-state index in [1.807, 2.05) is 0 Å². The molecule has 1 heterocycles. The Bertz CT molecular complexity index is 182. The third-order valence-corrected chi connectivity index (χ3v) is 4.15. The minimum absolute atomic E-state index is 0.365. The first-order valence-electron chi connectivity index (χ1n) is 5.22. The molecular formula is C10H19NOS. The Morgan fingerprint density at radius 3 is 2.69 bits per heavy atom. The Morgan fingerprint density at radius 2 is 2.23 bits per heavy atom. The Morgan fingerprint density at radius 1 is 1.46 bits per heavy atom. The lowest BCUT2D eigenvalue weighted by Crippen LogP contribution is -2.29. The van der Waals surface area contributed by atoms with Crippen LogP contribution in [0.15, 0.2) is 0 Å². The molecule has 0 aromatic carbocycles. The molecule has 2 nitrogen and oxygen atoms in total. The van der Waals surface area contributed by atoms with Gasteiger partial charge in [0.05, 0.1) is 0 Å². The predicted octanol–water partition coefficient (Wildman–Crippen LogP) is 1.01. The number of likely N-dealkylation sites (tertiary alicyclic amines) is 1. The van der Waals surface area contributed by atoms with Crippen LogP contribution >= 0.6 is 12.6 Å². The van der Waals surface area contributed by atoms with Crippen LogP contribution in [-0.2, 0) is 0 Å². The molecule has 0 bridgehead atoms. The van der Waals surface area contributed by atoms with Gasteiger partial charge in [-0.05, 0) is 42.9 Å². The molecule has 2 rings (SSSR count). The topological polar surface area (TPSA) is 23.5 Å². The molecule has 0 aromatic heterocycles. The van der Waals surface area contributed by atoms with Crippen molar-refractivity contribution in [2.75, 3.05) is 32.0 Å². The van der Waals surface area contributed by atoms with Crippen LogP contribution in [-0.4, -0.2) is 42.0 Å². The van der Waals surface area contributed by atoms with E-state index < -0.39 is 0 Å². The maximum Gasteiger partial charge on any atom is 0.0471 e. The molecule has 1 atom stereocenters. The van der Waals surface area contributed by atoms with Crippen molar-refractivity contribution in [2.45, 2.75) is 19.3 Å². The fourth-order valence-corrected chi connectivity index (χ4v) is 2.64. The van der Waals surface area contributed by atoms with Crippen molar-refractivity contribution in [3.63, 3.8) is 0 Å². The average molecular weight is 201 g/mol. The van der Waals surface area contributed by atoms with Gasteiger partial charge in [-0.3, -0.25) is 0 Å². The van der Waals surface area contributed by atoms with Crippen LogP contribution in [0.5, 0.6) is 0 Å². The van der Waals surface area contributed by atoms with E-state index in [0.717, 1.165) is 12.3 Å². The first kappa shape index (κ1) is 9.81. The molecule has 3 heteroatoms. The van der Waals surface area contributed by atoms with Crippen LogP contribution in [0.1, 0.15) is 19.3 Å². The van der Waals surface area contributed by atoms with Crippen LogP contribution in [0.2, 0.25) is 0 Å². The fraction of sp³-hybridized carbons (Fsp3) is 1.00. The zero-order chi connectivity index (χ0) is 9.31. The molecule has 1 aliphatic carbocycles. The molecule has 1 N–H and O–H groups in total. The first-order chi connectivity index (χ1) is 6.28. The summed E-state index contributed by atoms with van der Waals surface area (Å²) in [5.41, 5.74) is 0.549. The summed E-state index contributed by atoms with van der Waals surface area (Å²) >= 11 is 4.41. The SMILES string of the molecule is OCC1CCN(CC2(CS)CC2)C1. The Labute approximate surface area is 85.7 Å². The summed E-state index contributed by atoms with van der Waals surface area (Å²) in [6.07, 6.45) is 3.90. The zero-order valence-electron chi connectivity index (χ0n) is 8.08. The molecule has 13 heavy (non-hydrogen) atoms. The van der Waals surface area contributed by atoms with Gasteiger partial charge < -0.3 is 10.0 Å². The molecular weight excluding hydrogens is 182 g/mol. The van der Waals surface area contributed by atoms with Gasteiger partial charge in [-0.1, -0.05) is 0 Å². The summed E-state index contributed by atoms with van der Waals surface area (Å²) in [6, 6.07) is 0. The van der Waals surface area contributed by atoms with E-state index in [1.54, 1.807) is 0 Å². The van der Waals surface area contributed by atoms with Crippen molar-refractivity contribution in [1.82, 2.24) is 4.90 Å². The summed E-state index contributed by atoms with van der Waals surface area (Å²) in [6.45, 7) is 3.87. The summed E-state index contributed by atoms with van der Waals surface area (Å²) in [4.78, 5) is 2.50. The van der Waals surface area contributed by atoms with Gasteiger partial charge in [0.15, 0.2) is 0 Å². The van der Waals surface area contributed by atoms with Gasteiger partial charge in [-0.2, -0.15) is 12.6 Å². The van der Waals surface area contributed by atoms with Crippen LogP contribution in [0, 0.1) is 11.3 Å². The quantitative estimate of drug-likeness (QED) is 0.663. The van der Waals surface area contributed by atoms with Gasteiger partial charge in [0.1, 0.15) is 0 Å².